The zero-order valence-electron chi connectivity index (χ0n) is 15.2. The van der Waals surface area contributed by atoms with Gasteiger partial charge in [-0.2, -0.15) is 0 Å². The van der Waals surface area contributed by atoms with Crippen molar-refractivity contribution < 1.29 is 18.7 Å². The van der Waals surface area contributed by atoms with E-state index in [2.05, 4.69) is 19.2 Å². The van der Waals surface area contributed by atoms with Crippen LogP contribution in [0.15, 0.2) is 48.5 Å². The molecule has 0 radical (unpaired) electrons. The van der Waals surface area contributed by atoms with E-state index in [1.54, 1.807) is 30.3 Å². The molecule has 0 saturated carbocycles. The number of hydrogen-bond donors (Lipinski definition) is 1. The lowest BCUT2D eigenvalue weighted by Crippen LogP contribution is -2.34. The van der Waals surface area contributed by atoms with Crippen molar-refractivity contribution in [3.05, 3.63) is 59.9 Å². The van der Waals surface area contributed by atoms with Gasteiger partial charge in [0.15, 0.2) is 0 Å². The largest absolute Gasteiger partial charge is 0.493 e. The number of halogens is 1. The van der Waals surface area contributed by atoms with Gasteiger partial charge < -0.3 is 15.0 Å². The summed E-state index contributed by atoms with van der Waals surface area (Å²) in [5.41, 5.74) is 0.811. The van der Waals surface area contributed by atoms with E-state index < -0.39 is 11.7 Å². The number of hydrogen-bond acceptors (Lipinski definition) is 3. The number of ether oxygens (including phenoxy) is 1. The predicted octanol–water partition coefficient (Wildman–Crippen LogP) is 3.57. The molecule has 0 fully saturated rings. The molecule has 5 nitrogen and oxygen atoms in total. The van der Waals surface area contributed by atoms with Crippen LogP contribution in [0.5, 0.6) is 5.75 Å². The van der Waals surface area contributed by atoms with Crippen LogP contribution >= 0.6 is 0 Å². The molecule has 2 amide bonds. The van der Waals surface area contributed by atoms with Crippen LogP contribution in [0.4, 0.5) is 10.1 Å². The van der Waals surface area contributed by atoms with Crippen molar-refractivity contribution >= 4 is 17.5 Å². The molecule has 0 bridgehead atoms. The molecule has 138 valence electrons. The minimum absolute atomic E-state index is 0.138. The highest BCUT2D eigenvalue weighted by atomic mass is 19.1. The number of nitrogens with zero attached hydrogens (tertiary/aromatic N) is 1. The molecule has 2 aromatic carbocycles. The minimum atomic E-state index is -0.438. The van der Waals surface area contributed by atoms with Gasteiger partial charge in [0.2, 0.25) is 5.91 Å². The molecule has 2 aromatic rings. The lowest BCUT2D eigenvalue weighted by atomic mass is 10.2. The van der Waals surface area contributed by atoms with Crippen LogP contribution in [0.25, 0.3) is 0 Å². The van der Waals surface area contributed by atoms with Crippen molar-refractivity contribution in [1.82, 2.24) is 4.90 Å². The Morgan fingerprint density at radius 3 is 2.46 bits per heavy atom. The fourth-order valence-electron chi connectivity index (χ4n) is 2.23. The van der Waals surface area contributed by atoms with Gasteiger partial charge in [-0.05, 0) is 48.4 Å². The van der Waals surface area contributed by atoms with Crippen molar-refractivity contribution in [3.8, 4) is 5.75 Å². The van der Waals surface area contributed by atoms with Gasteiger partial charge in [0.05, 0.1) is 13.2 Å². The summed E-state index contributed by atoms with van der Waals surface area (Å²) >= 11 is 0. The third-order valence-corrected chi connectivity index (χ3v) is 3.52. The van der Waals surface area contributed by atoms with E-state index in [0.29, 0.717) is 29.5 Å². The van der Waals surface area contributed by atoms with Crippen LogP contribution in [0, 0.1) is 11.7 Å². The lowest BCUT2D eigenvalue weighted by molar-refractivity contribution is -0.116. The summed E-state index contributed by atoms with van der Waals surface area (Å²) in [7, 11) is 1.54. The van der Waals surface area contributed by atoms with E-state index in [9.17, 15) is 14.0 Å². The van der Waals surface area contributed by atoms with Gasteiger partial charge in [-0.1, -0.05) is 19.9 Å². The first-order valence-electron chi connectivity index (χ1n) is 8.39. The van der Waals surface area contributed by atoms with Crippen LogP contribution in [0.2, 0.25) is 0 Å². The second kappa shape index (κ2) is 8.99. The average molecular weight is 358 g/mol. The highest BCUT2D eigenvalue weighted by Crippen LogP contribution is 2.15. The molecule has 0 saturated heterocycles. The first-order valence-corrected chi connectivity index (χ1v) is 8.39. The highest BCUT2D eigenvalue weighted by Gasteiger charge is 2.15. The quantitative estimate of drug-likeness (QED) is 0.823. The van der Waals surface area contributed by atoms with Crippen LogP contribution in [0.1, 0.15) is 24.2 Å². The van der Waals surface area contributed by atoms with Gasteiger partial charge in [-0.25, -0.2) is 4.39 Å². The van der Waals surface area contributed by atoms with Crippen LogP contribution < -0.4 is 10.1 Å². The van der Waals surface area contributed by atoms with Gasteiger partial charge in [0.1, 0.15) is 11.6 Å². The summed E-state index contributed by atoms with van der Waals surface area (Å²) in [4.78, 5) is 25.7. The van der Waals surface area contributed by atoms with Gasteiger partial charge in [0.25, 0.3) is 5.91 Å². The third-order valence-electron chi connectivity index (χ3n) is 3.52. The molecule has 0 aliphatic rings. The molecular formula is C20H23FN2O3. The molecule has 0 atom stereocenters. The van der Waals surface area contributed by atoms with Gasteiger partial charge >= 0.3 is 0 Å². The Morgan fingerprint density at radius 2 is 1.85 bits per heavy atom. The molecule has 0 aliphatic heterocycles. The minimum Gasteiger partial charge on any atom is -0.493 e. The first-order chi connectivity index (χ1) is 12.3. The van der Waals surface area contributed by atoms with Crippen molar-refractivity contribution in [3.63, 3.8) is 0 Å². The molecule has 0 aromatic heterocycles. The van der Waals surface area contributed by atoms with Crippen LogP contribution in [0.3, 0.4) is 0 Å². The Balaban J connectivity index is 1.91. The summed E-state index contributed by atoms with van der Waals surface area (Å²) in [6.07, 6.45) is 0. The first kappa shape index (κ1) is 19.4. The maximum Gasteiger partial charge on any atom is 0.254 e. The maximum atomic E-state index is 13.1. The number of benzene rings is 2. The maximum absolute atomic E-state index is 13.1. The normalized spacial score (nSPS) is 10.5. The van der Waals surface area contributed by atoms with Crippen molar-refractivity contribution in [2.45, 2.75) is 13.8 Å². The lowest BCUT2D eigenvalue weighted by Gasteiger charge is -2.17. The number of likely N-dealkylation sites (N-methyl/N-ethyl adjacent to an activating group) is 1. The van der Waals surface area contributed by atoms with Crippen molar-refractivity contribution in [2.75, 3.05) is 25.5 Å². The zero-order valence-corrected chi connectivity index (χ0v) is 15.2. The molecule has 2 rings (SSSR count). The second-order valence-corrected chi connectivity index (χ2v) is 6.45. The van der Waals surface area contributed by atoms with E-state index >= 15 is 0 Å². The predicted molar refractivity (Wildman–Crippen MR) is 98.8 cm³/mol. The molecule has 0 spiro atoms. The summed E-state index contributed by atoms with van der Waals surface area (Å²) in [6.45, 7) is 4.58. The number of amides is 2. The van der Waals surface area contributed by atoms with E-state index in [1.165, 1.54) is 30.1 Å². The molecule has 0 unspecified atom stereocenters. The number of rotatable bonds is 7. The molecule has 6 heteroatoms. The van der Waals surface area contributed by atoms with E-state index in [4.69, 9.17) is 4.74 Å². The van der Waals surface area contributed by atoms with Crippen LogP contribution in [-0.2, 0) is 4.79 Å². The van der Waals surface area contributed by atoms with Gasteiger partial charge in [-0.3, -0.25) is 9.59 Å². The Hall–Kier alpha value is -2.89. The topological polar surface area (TPSA) is 58.6 Å². The monoisotopic (exact) mass is 358 g/mol. The summed E-state index contributed by atoms with van der Waals surface area (Å²) in [6, 6.07) is 12.4. The van der Waals surface area contributed by atoms with Crippen molar-refractivity contribution in [2.24, 2.45) is 5.92 Å². The van der Waals surface area contributed by atoms with Gasteiger partial charge in [0, 0.05) is 18.3 Å². The summed E-state index contributed by atoms with van der Waals surface area (Å²) in [5.74, 6) is -0.00839. The van der Waals surface area contributed by atoms with Gasteiger partial charge in [-0.15, -0.1) is 0 Å². The van der Waals surface area contributed by atoms with Crippen molar-refractivity contribution in [1.29, 1.82) is 0 Å². The Labute approximate surface area is 152 Å². The Morgan fingerprint density at radius 1 is 1.15 bits per heavy atom. The molecule has 0 aliphatic carbocycles. The van der Waals surface area contributed by atoms with E-state index in [-0.39, 0.29) is 12.5 Å². The fourth-order valence-corrected chi connectivity index (χ4v) is 2.23. The summed E-state index contributed by atoms with van der Waals surface area (Å²) < 4.78 is 18.7. The Kier molecular flexibility index (Phi) is 6.72. The van der Waals surface area contributed by atoms with E-state index in [1.807, 2.05) is 0 Å². The molecular weight excluding hydrogens is 335 g/mol. The zero-order chi connectivity index (χ0) is 19.1. The number of anilines is 1. The number of carbonyl (C=O) groups excluding carboxylic acids is 2. The fraction of sp³-hybridized carbons (Fsp3) is 0.300. The summed E-state index contributed by atoms with van der Waals surface area (Å²) in [5, 5.41) is 2.56. The SMILES string of the molecule is CC(C)COc1ccc(C(=O)N(C)CC(=O)Nc2cccc(F)c2)cc1. The number of nitrogens with one attached hydrogen (secondary N) is 1. The molecule has 0 heterocycles. The number of carbonyl (C=O) groups is 2. The smallest absolute Gasteiger partial charge is 0.254 e. The molecule has 1 N–H and O–H groups in total. The third kappa shape index (κ3) is 5.88. The standard InChI is InChI=1S/C20H23FN2O3/c1-14(2)13-26-18-9-7-15(8-10-18)20(25)23(3)12-19(24)22-17-6-4-5-16(21)11-17/h4-11,14H,12-13H2,1-3H3,(H,22,24). The second-order valence-electron chi connectivity index (χ2n) is 6.45. The van der Waals surface area contributed by atoms with E-state index in [0.717, 1.165) is 0 Å². The average Bonchev–Trinajstić information content (AvgIpc) is 2.59. The van der Waals surface area contributed by atoms with Crippen LogP contribution in [-0.4, -0.2) is 36.9 Å². The highest BCUT2D eigenvalue weighted by molar-refractivity contribution is 5.99. The molecule has 26 heavy (non-hydrogen) atoms. The Bertz CT molecular complexity index is 760.